The fourth-order valence-electron chi connectivity index (χ4n) is 5.47. The first-order valence-corrected chi connectivity index (χ1v) is 13.9. The number of rotatable bonds is 8. The lowest BCUT2D eigenvalue weighted by Gasteiger charge is -2.29. The zero-order chi connectivity index (χ0) is 25.3. The molecular formula is C26H31FN2O6S. The Labute approximate surface area is 210 Å². The van der Waals surface area contributed by atoms with Crippen molar-refractivity contribution in [1.82, 2.24) is 4.90 Å². The van der Waals surface area contributed by atoms with E-state index in [2.05, 4.69) is 9.62 Å². The van der Waals surface area contributed by atoms with Crippen molar-refractivity contribution >= 4 is 21.7 Å². The van der Waals surface area contributed by atoms with E-state index >= 15 is 0 Å². The Morgan fingerprint density at radius 2 is 2.03 bits per heavy atom. The van der Waals surface area contributed by atoms with Crippen molar-refractivity contribution in [2.45, 2.75) is 49.0 Å². The first kappa shape index (κ1) is 25.0. The molecule has 10 heteroatoms. The largest absolute Gasteiger partial charge is 0.490 e. The molecule has 5 rings (SSSR count). The van der Waals surface area contributed by atoms with Crippen molar-refractivity contribution < 1.29 is 31.8 Å². The van der Waals surface area contributed by atoms with Crippen LogP contribution in [0.4, 0.5) is 10.1 Å². The average Bonchev–Trinajstić information content (AvgIpc) is 3.55. The Kier molecular flexibility index (Phi) is 7.18. The van der Waals surface area contributed by atoms with Gasteiger partial charge in [0.25, 0.3) is 10.0 Å². The summed E-state index contributed by atoms with van der Waals surface area (Å²) >= 11 is 0. The Morgan fingerprint density at radius 3 is 2.81 bits per heavy atom. The number of halogens is 1. The summed E-state index contributed by atoms with van der Waals surface area (Å²) in [6.45, 7) is 3.80. The number of carbonyl (C=O) groups is 1. The van der Waals surface area contributed by atoms with Crippen LogP contribution in [0.1, 0.15) is 53.1 Å². The maximum atomic E-state index is 14.1. The number of fused-ring (bicyclic) bond motifs is 3. The summed E-state index contributed by atoms with van der Waals surface area (Å²) in [6, 6.07) is 7.01. The summed E-state index contributed by atoms with van der Waals surface area (Å²) in [4.78, 5) is 15.1. The monoisotopic (exact) mass is 518 g/mol. The molecule has 2 fully saturated rings. The number of aryl methyl sites for hydroxylation is 1. The van der Waals surface area contributed by atoms with Gasteiger partial charge in [-0.05, 0) is 81.6 Å². The van der Waals surface area contributed by atoms with Crippen molar-refractivity contribution in [2.75, 3.05) is 44.7 Å². The Bertz CT molecular complexity index is 1250. The van der Waals surface area contributed by atoms with E-state index in [0.29, 0.717) is 24.3 Å². The predicted molar refractivity (Wildman–Crippen MR) is 132 cm³/mol. The summed E-state index contributed by atoms with van der Waals surface area (Å²) in [5, 5.41) is 0. The number of nitrogens with one attached hydrogen (secondary N) is 1. The van der Waals surface area contributed by atoms with Gasteiger partial charge >= 0.3 is 5.97 Å². The number of sulfonamides is 1. The lowest BCUT2D eigenvalue weighted by molar-refractivity contribution is 0.0469. The van der Waals surface area contributed by atoms with Gasteiger partial charge in [-0.3, -0.25) is 4.72 Å². The Balaban J connectivity index is 1.44. The summed E-state index contributed by atoms with van der Waals surface area (Å²) < 4.78 is 60.2. The van der Waals surface area contributed by atoms with Crippen molar-refractivity contribution in [1.29, 1.82) is 0 Å². The van der Waals surface area contributed by atoms with E-state index in [1.165, 1.54) is 32.1 Å². The number of methoxy groups -OCH3 is 1. The fraction of sp³-hybridized carbons (Fsp3) is 0.500. The lowest BCUT2D eigenvalue weighted by atomic mass is 9.88. The van der Waals surface area contributed by atoms with E-state index in [1.807, 2.05) is 0 Å². The topological polar surface area (TPSA) is 94.2 Å². The highest BCUT2D eigenvalue weighted by molar-refractivity contribution is 7.92. The summed E-state index contributed by atoms with van der Waals surface area (Å²) in [7, 11) is -2.90. The molecule has 3 aliphatic heterocycles. The van der Waals surface area contributed by atoms with Gasteiger partial charge in [-0.2, -0.15) is 0 Å². The smallest absolute Gasteiger partial charge is 0.343 e. The average molecular weight is 519 g/mol. The van der Waals surface area contributed by atoms with Crippen LogP contribution in [0.3, 0.4) is 0 Å². The fourth-order valence-corrected chi connectivity index (χ4v) is 6.80. The summed E-state index contributed by atoms with van der Waals surface area (Å²) in [6.07, 6.45) is 4.19. The number of nitrogens with zero attached hydrogens (tertiary/aromatic N) is 1. The Morgan fingerprint density at radius 1 is 1.22 bits per heavy atom. The van der Waals surface area contributed by atoms with Gasteiger partial charge in [-0.25, -0.2) is 17.6 Å². The molecule has 8 nitrogen and oxygen atoms in total. The van der Waals surface area contributed by atoms with Crippen LogP contribution in [-0.2, 0) is 25.9 Å². The molecule has 0 unspecified atom stereocenters. The van der Waals surface area contributed by atoms with Gasteiger partial charge in [-0.1, -0.05) is 6.07 Å². The maximum Gasteiger partial charge on any atom is 0.343 e. The minimum absolute atomic E-state index is 0.0102. The van der Waals surface area contributed by atoms with Crippen LogP contribution in [0, 0.1) is 5.82 Å². The highest BCUT2D eigenvalue weighted by Crippen LogP contribution is 2.45. The zero-order valence-corrected chi connectivity index (χ0v) is 21.1. The highest BCUT2D eigenvalue weighted by Gasteiger charge is 2.39. The van der Waals surface area contributed by atoms with E-state index in [0.717, 1.165) is 44.1 Å². The van der Waals surface area contributed by atoms with Crippen LogP contribution in [0.5, 0.6) is 5.75 Å². The number of likely N-dealkylation sites (tertiary alicyclic amines) is 1. The van der Waals surface area contributed by atoms with E-state index in [-0.39, 0.29) is 34.8 Å². The first-order valence-electron chi connectivity index (χ1n) is 12.4. The second kappa shape index (κ2) is 10.4. The molecule has 0 bridgehead atoms. The van der Waals surface area contributed by atoms with Crippen molar-refractivity contribution in [3.8, 4) is 5.75 Å². The molecule has 2 aromatic rings. The second-order valence-corrected chi connectivity index (χ2v) is 11.2. The molecule has 3 heterocycles. The standard InChI is InChI=1S/C26H31FN2O6S/c1-33-26(30)24-21(8-7-20-19-10-14-34-22(19)16-35-25(20)24)28-36(31,32)23-9-6-18(27)15-17(23)5-4-13-29-11-2-3-12-29/h6-9,15,19,22,28H,2-5,10-14,16H2,1H3/t19-,22+/m0/s1. The van der Waals surface area contributed by atoms with Crippen LogP contribution in [0.15, 0.2) is 35.2 Å². The molecule has 0 amide bonds. The molecule has 2 saturated heterocycles. The van der Waals surface area contributed by atoms with Crippen molar-refractivity contribution in [3.05, 3.63) is 52.8 Å². The van der Waals surface area contributed by atoms with E-state index in [1.54, 1.807) is 12.1 Å². The summed E-state index contributed by atoms with van der Waals surface area (Å²) in [5.41, 5.74) is 1.30. The molecule has 3 aliphatic rings. The van der Waals surface area contributed by atoms with E-state index in [4.69, 9.17) is 14.2 Å². The van der Waals surface area contributed by atoms with Gasteiger partial charge < -0.3 is 19.1 Å². The molecular weight excluding hydrogens is 487 g/mol. The van der Waals surface area contributed by atoms with E-state index < -0.39 is 21.8 Å². The molecule has 1 N–H and O–H groups in total. The van der Waals surface area contributed by atoms with Gasteiger partial charge in [0, 0.05) is 18.1 Å². The van der Waals surface area contributed by atoms with E-state index in [9.17, 15) is 17.6 Å². The van der Waals surface area contributed by atoms with Crippen LogP contribution in [0.2, 0.25) is 0 Å². The maximum absolute atomic E-state index is 14.1. The third kappa shape index (κ3) is 4.94. The summed E-state index contributed by atoms with van der Waals surface area (Å²) in [5.74, 6) is -0.802. The van der Waals surface area contributed by atoms with Crippen LogP contribution < -0.4 is 9.46 Å². The Hall–Kier alpha value is -2.69. The van der Waals surface area contributed by atoms with Crippen molar-refractivity contribution in [3.63, 3.8) is 0 Å². The second-order valence-electron chi connectivity index (χ2n) is 9.52. The van der Waals surface area contributed by atoms with Crippen molar-refractivity contribution in [2.24, 2.45) is 0 Å². The highest BCUT2D eigenvalue weighted by atomic mass is 32.2. The molecule has 2 atom stereocenters. The molecule has 194 valence electrons. The SMILES string of the molecule is COC(=O)c1c(NS(=O)(=O)c2ccc(F)cc2CCCN2CCCC2)ccc2c1OC[C@H]1OCC[C@@H]21. The van der Waals surface area contributed by atoms with Gasteiger partial charge in [-0.15, -0.1) is 0 Å². The van der Waals surface area contributed by atoms with Gasteiger partial charge in [0.1, 0.15) is 23.7 Å². The number of hydrogen-bond acceptors (Lipinski definition) is 7. The number of carbonyl (C=O) groups excluding carboxylic acids is 1. The molecule has 0 aliphatic carbocycles. The molecule has 0 saturated carbocycles. The molecule has 0 aromatic heterocycles. The molecule has 2 aromatic carbocycles. The third-order valence-corrected chi connectivity index (χ3v) is 8.72. The zero-order valence-electron chi connectivity index (χ0n) is 20.3. The predicted octanol–water partition coefficient (Wildman–Crippen LogP) is 3.71. The van der Waals surface area contributed by atoms with Crippen LogP contribution in [-0.4, -0.2) is 65.3 Å². The number of ether oxygens (including phenoxy) is 3. The van der Waals surface area contributed by atoms with Gasteiger partial charge in [0.15, 0.2) is 0 Å². The number of hydrogen-bond donors (Lipinski definition) is 1. The third-order valence-electron chi connectivity index (χ3n) is 7.25. The molecule has 36 heavy (non-hydrogen) atoms. The quantitative estimate of drug-likeness (QED) is 0.533. The lowest BCUT2D eigenvalue weighted by Crippen LogP contribution is -2.30. The van der Waals surface area contributed by atoms with Gasteiger partial charge in [0.05, 0.1) is 23.8 Å². The minimum atomic E-state index is -4.14. The number of benzene rings is 2. The van der Waals surface area contributed by atoms with Gasteiger partial charge in [0.2, 0.25) is 0 Å². The van der Waals surface area contributed by atoms with Crippen LogP contribution in [0.25, 0.3) is 0 Å². The molecule has 0 radical (unpaired) electrons. The molecule has 0 spiro atoms. The minimum Gasteiger partial charge on any atom is -0.490 e. The number of anilines is 1. The normalized spacial score (nSPS) is 21.5. The van der Waals surface area contributed by atoms with Crippen LogP contribution >= 0.6 is 0 Å². The first-order chi connectivity index (χ1) is 17.4. The number of esters is 1.